The lowest BCUT2D eigenvalue weighted by atomic mass is 10.3. The van der Waals surface area contributed by atoms with E-state index in [2.05, 4.69) is 14.9 Å². The highest BCUT2D eigenvalue weighted by atomic mass is 35.5. The first kappa shape index (κ1) is 10.8. The molecule has 0 atom stereocenters. The summed E-state index contributed by atoms with van der Waals surface area (Å²) in [7, 11) is 0. The minimum atomic E-state index is 0.175. The van der Waals surface area contributed by atoms with Crippen molar-refractivity contribution in [3.8, 4) is 0 Å². The molecule has 5 heteroatoms. The van der Waals surface area contributed by atoms with E-state index in [1.54, 1.807) is 12.4 Å². The van der Waals surface area contributed by atoms with Crippen LogP contribution in [-0.2, 0) is 6.54 Å². The Hall–Kier alpha value is -0.710. The summed E-state index contributed by atoms with van der Waals surface area (Å²) < 4.78 is 0. The molecule has 15 heavy (non-hydrogen) atoms. The summed E-state index contributed by atoms with van der Waals surface area (Å²) in [6, 6.07) is 0.593. The zero-order valence-corrected chi connectivity index (χ0v) is 9.19. The average molecular weight is 228 g/mol. The molecule has 1 aliphatic carbocycles. The molecule has 1 fully saturated rings. The van der Waals surface area contributed by atoms with Crippen LogP contribution in [0.2, 0.25) is 5.15 Å². The Kier molecular flexibility index (Phi) is 3.51. The third kappa shape index (κ3) is 2.87. The molecule has 0 unspecified atom stereocenters. The minimum Gasteiger partial charge on any atom is -0.395 e. The Bertz CT molecular complexity index is 330. The van der Waals surface area contributed by atoms with E-state index < -0.39 is 0 Å². The molecule has 0 amide bonds. The standard InChI is InChI=1S/C10H14ClN3O/c11-10-9(12-3-4-13-10)7-14(5-6-15)8-1-2-8/h3-4,8,15H,1-2,5-7H2. The van der Waals surface area contributed by atoms with Gasteiger partial charge < -0.3 is 5.11 Å². The van der Waals surface area contributed by atoms with Gasteiger partial charge in [-0.1, -0.05) is 11.6 Å². The highest BCUT2D eigenvalue weighted by molar-refractivity contribution is 6.29. The number of nitrogens with zero attached hydrogens (tertiary/aromatic N) is 3. The highest BCUT2D eigenvalue weighted by Gasteiger charge is 2.29. The second-order valence-corrected chi connectivity index (χ2v) is 4.08. The predicted octanol–water partition coefficient (Wildman–Crippen LogP) is 1.09. The van der Waals surface area contributed by atoms with E-state index in [0.29, 0.717) is 24.3 Å². The number of rotatable bonds is 5. The van der Waals surface area contributed by atoms with Crippen molar-refractivity contribution >= 4 is 11.6 Å². The van der Waals surface area contributed by atoms with Crippen molar-refractivity contribution in [3.05, 3.63) is 23.2 Å². The highest BCUT2D eigenvalue weighted by Crippen LogP contribution is 2.28. The van der Waals surface area contributed by atoms with E-state index in [-0.39, 0.29) is 6.61 Å². The zero-order chi connectivity index (χ0) is 10.7. The Labute approximate surface area is 93.9 Å². The van der Waals surface area contributed by atoms with Gasteiger partial charge >= 0.3 is 0 Å². The molecule has 1 N–H and O–H groups in total. The smallest absolute Gasteiger partial charge is 0.151 e. The quantitative estimate of drug-likeness (QED) is 0.818. The largest absolute Gasteiger partial charge is 0.395 e. The first-order valence-electron chi connectivity index (χ1n) is 5.11. The topological polar surface area (TPSA) is 49.2 Å². The van der Waals surface area contributed by atoms with E-state index in [4.69, 9.17) is 16.7 Å². The second-order valence-electron chi connectivity index (χ2n) is 3.72. The van der Waals surface area contributed by atoms with Gasteiger partial charge in [-0.25, -0.2) is 4.98 Å². The summed E-state index contributed by atoms with van der Waals surface area (Å²) in [6.45, 7) is 1.53. The third-order valence-corrected chi connectivity index (χ3v) is 2.84. The van der Waals surface area contributed by atoms with Gasteiger partial charge in [0.1, 0.15) is 0 Å². The van der Waals surface area contributed by atoms with Gasteiger partial charge in [0.15, 0.2) is 5.15 Å². The summed E-state index contributed by atoms with van der Waals surface area (Å²) >= 11 is 5.93. The number of hydrogen-bond acceptors (Lipinski definition) is 4. The van der Waals surface area contributed by atoms with Gasteiger partial charge in [0.2, 0.25) is 0 Å². The normalized spacial score (nSPS) is 15.9. The zero-order valence-electron chi connectivity index (χ0n) is 8.43. The van der Waals surface area contributed by atoms with E-state index in [1.165, 1.54) is 12.8 Å². The van der Waals surface area contributed by atoms with Gasteiger partial charge in [0, 0.05) is 31.5 Å². The molecule has 1 aromatic heterocycles. The van der Waals surface area contributed by atoms with E-state index >= 15 is 0 Å². The lowest BCUT2D eigenvalue weighted by Gasteiger charge is -2.20. The summed E-state index contributed by atoms with van der Waals surface area (Å²) in [5, 5.41) is 9.41. The molecule has 0 aliphatic heterocycles. The third-order valence-electron chi connectivity index (χ3n) is 2.53. The fourth-order valence-electron chi connectivity index (χ4n) is 1.61. The van der Waals surface area contributed by atoms with Crippen LogP contribution in [0, 0.1) is 0 Å². The maximum Gasteiger partial charge on any atom is 0.151 e. The lowest BCUT2D eigenvalue weighted by Crippen LogP contribution is -2.29. The van der Waals surface area contributed by atoms with Crippen molar-refractivity contribution in [3.63, 3.8) is 0 Å². The van der Waals surface area contributed by atoms with Gasteiger partial charge in [-0.15, -0.1) is 0 Å². The summed E-state index contributed by atoms with van der Waals surface area (Å²) in [4.78, 5) is 10.4. The molecular formula is C10H14ClN3O. The molecule has 0 radical (unpaired) electrons. The minimum absolute atomic E-state index is 0.175. The molecular weight excluding hydrogens is 214 g/mol. The van der Waals surface area contributed by atoms with Crippen molar-refractivity contribution in [2.45, 2.75) is 25.4 Å². The van der Waals surface area contributed by atoms with Crippen molar-refractivity contribution in [1.82, 2.24) is 14.9 Å². The number of aromatic nitrogens is 2. The van der Waals surface area contributed by atoms with Crippen molar-refractivity contribution in [2.75, 3.05) is 13.2 Å². The Morgan fingerprint density at radius 3 is 2.73 bits per heavy atom. The van der Waals surface area contributed by atoms with Crippen LogP contribution >= 0.6 is 11.6 Å². The number of hydrogen-bond donors (Lipinski definition) is 1. The van der Waals surface area contributed by atoms with Gasteiger partial charge in [-0.2, -0.15) is 0 Å². The molecule has 1 saturated carbocycles. The molecule has 0 spiro atoms. The molecule has 0 saturated heterocycles. The molecule has 1 aromatic rings. The summed E-state index contributed by atoms with van der Waals surface area (Å²) in [5.74, 6) is 0. The Balaban J connectivity index is 2.02. The average Bonchev–Trinajstić information content (AvgIpc) is 3.04. The van der Waals surface area contributed by atoms with E-state index in [9.17, 15) is 0 Å². The van der Waals surface area contributed by atoms with Crippen LogP contribution in [0.1, 0.15) is 18.5 Å². The second kappa shape index (κ2) is 4.88. The molecule has 82 valence electrons. The van der Waals surface area contributed by atoms with Crippen LogP contribution in [-0.4, -0.2) is 39.2 Å². The lowest BCUT2D eigenvalue weighted by molar-refractivity contribution is 0.182. The Morgan fingerprint density at radius 1 is 1.40 bits per heavy atom. The molecule has 1 heterocycles. The van der Waals surface area contributed by atoms with Crippen molar-refractivity contribution in [2.24, 2.45) is 0 Å². The number of halogens is 1. The number of aliphatic hydroxyl groups excluding tert-OH is 1. The first-order valence-corrected chi connectivity index (χ1v) is 5.49. The van der Waals surface area contributed by atoms with Crippen LogP contribution in [0.25, 0.3) is 0 Å². The molecule has 0 aromatic carbocycles. The molecule has 1 aliphatic rings. The summed E-state index contributed by atoms with van der Waals surface area (Å²) in [6.07, 6.45) is 5.64. The van der Waals surface area contributed by atoms with E-state index in [1.807, 2.05) is 0 Å². The van der Waals surface area contributed by atoms with Crippen LogP contribution < -0.4 is 0 Å². The van der Waals surface area contributed by atoms with Crippen LogP contribution in [0.15, 0.2) is 12.4 Å². The Morgan fingerprint density at radius 2 is 2.13 bits per heavy atom. The van der Waals surface area contributed by atoms with Gasteiger partial charge in [-0.3, -0.25) is 9.88 Å². The van der Waals surface area contributed by atoms with Crippen LogP contribution in [0.4, 0.5) is 0 Å². The fraction of sp³-hybridized carbons (Fsp3) is 0.600. The summed E-state index contributed by atoms with van der Waals surface area (Å²) in [5.41, 5.74) is 0.791. The molecule has 4 nitrogen and oxygen atoms in total. The van der Waals surface area contributed by atoms with Gasteiger partial charge in [-0.05, 0) is 12.8 Å². The van der Waals surface area contributed by atoms with Gasteiger partial charge in [0.05, 0.1) is 12.3 Å². The first-order chi connectivity index (χ1) is 7.31. The van der Waals surface area contributed by atoms with Crippen molar-refractivity contribution < 1.29 is 5.11 Å². The van der Waals surface area contributed by atoms with E-state index in [0.717, 1.165) is 5.69 Å². The van der Waals surface area contributed by atoms with Crippen molar-refractivity contribution in [1.29, 1.82) is 0 Å². The van der Waals surface area contributed by atoms with Crippen LogP contribution in [0.5, 0.6) is 0 Å². The molecule has 2 rings (SSSR count). The SMILES string of the molecule is OCCN(Cc1nccnc1Cl)C1CC1. The molecule has 0 bridgehead atoms. The predicted molar refractivity (Wildman–Crippen MR) is 57.6 cm³/mol. The van der Waals surface area contributed by atoms with Crippen LogP contribution in [0.3, 0.4) is 0 Å². The van der Waals surface area contributed by atoms with Gasteiger partial charge in [0.25, 0.3) is 0 Å². The maximum atomic E-state index is 8.95. The maximum absolute atomic E-state index is 8.95. The fourth-order valence-corrected chi connectivity index (χ4v) is 1.77. The number of aliphatic hydroxyl groups is 1. The monoisotopic (exact) mass is 227 g/mol.